The fraction of sp³-hybridized carbons (Fsp3) is 0.542. The Morgan fingerprint density at radius 1 is 1.27 bits per heavy atom. The number of primary amides is 1. The highest BCUT2D eigenvalue weighted by Crippen LogP contribution is 2.31. The summed E-state index contributed by atoms with van der Waals surface area (Å²) in [6, 6.07) is 7.96. The maximum absolute atomic E-state index is 13.2. The fourth-order valence-electron chi connectivity index (χ4n) is 4.91. The molecule has 2 aliphatic rings. The Labute approximate surface area is 178 Å². The molecule has 0 spiro atoms. The van der Waals surface area contributed by atoms with Crippen LogP contribution in [0.25, 0.3) is 10.9 Å². The zero-order chi connectivity index (χ0) is 21.1. The van der Waals surface area contributed by atoms with Gasteiger partial charge in [0.15, 0.2) is 0 Å². The van der Waals surface area contributed by atoms with Crippen molar-refractivity contribution in [2.45, 2.75) is 45.4 Å². The second-order valence-corrected chi connectivity index (χ2v) is 8.93. The molecule has 6 nitrogen and oxygen atoms in total. The number of fused-ring (bicyclic) bond motifs is 2. The normalized spacial score (nSPS) is 21.9. The van der Waals surface area contributed by atoms with E-state index in [0.717, 1.165) is 85.9 Å². The second kappa shape index (κ2) is 9.13. The van der Waals surface area contributed by atoms with Crippen molar-refractivity contribution in [2.24, 2.45) is 17.6 Å². The minimum absolute atomic E-state index is 0.00704. The first-order chi connectivity index (χ1) is 14.5. The van der Waals surface area contributed by atoms with Crippen LogP contribution in [0.3, 0.4) is 0 Å². The van der Waals surface area contributed by atoms with E-state index < -0.39 is 0 Å². The number of hydrogen-bond donors (Lipinski definition) is 2. The molecule has 2 amide bonds. The van der Waals surface area contributed by atoms with Crippen LogP contribution in [0.4, 0.5) is 0 Å². The van der Waals surface area contributed by atoms with E-state index in [0.29, 0.717) is 12.5 Å². The van der Waals surface area contributed by atoms with Gasteiger partial charge in [-0.15, -0.1) is 0 Å². The van der Waals surface area contributed by atoms with Gasteiger partial charge in [-0.25, -0.2) is 0 Å². The molecule has 1 aromatic heterocycles. The molecule has 30 heavy (non-hydrogen) atoms. The number of rotatable bonds is 6. The van der Waals surface area contributed by atoms with Gasteiger partial charge in [0.25, 0.3) is 5.91 Å². The summed E-state index contributed by atoms with van der Waals surface area (Å²) in [6.45, 7) is 5.48. The number of pyridine rings is 1. The topological polar surface area (TPSA) is 88.3 Å². The first kappa shape index (κ1) is 20.8. The third-order valence-electron chi connectivity index (χ3n) is 6.58. The number of likely N-dealkylation sites (tertiary alicyclic amines) is 1. The van der Waals surface area contributed by atoms with Crippen LogP contribution < -0.4 is 11.1 Å². The lowest BCUT2D eigenvalue weighted by Gasteiger charge is -2.31. The summed E-state index contributed by atoms with van der Waals surface area (Å²) in [7, 11) is 0. The summed E-state index contributed by atoms with van der Waals surface area (Å²) in [5.41, 5.74) is 9.41. The van der Waals surface area contributed by atoms with Gasteiger partial charge in [0.2, 0.25) is 5.91 Å². The minimum Gasteiger partial charge on any atom is -0.369 e. The van der Waals surface area contributed by atoms with Gasteiger partial charge >= 0.3 is 0 Å². The highest BCUT2D eigenvalue weighted by molar-refractivity contribution is 6.07. The van der Waals surface area contributed by atoms with Gasteiger partial charge < -0.3 is 16.0 Å². The van der Waals surface area contributed by atoms with Crippen molar-refractivity contribution in [1.82, 2.24) is 15.2 Å². The lowest BCUT2D eigenvalue weighted by molar-refractivity contribution is -0.123. The molecule has 160 valence electrons. The number of benzene rings is 1. The van der Waals surface area contributed by atoms with E-state index in [2.05, 4.69) is 17.1 Å². The molecule has 2 atom stereocenters. The smallest absolute Gasteiger partial charge is 0.252 e. The zero-order valence-corrected chi connectivity index (χ0v) is 17.8. The van der Waals surface area contributed by atoms with E-state index >= 15 is 0 Å². The number of nitrogens with two attached hydrogens (primary N) is 1. The van der Waals surface area contributed by atoms with Crippen LogP contribution in [0.5, 0.6) is 0 Å². The quantitative estimate of drug-likeness (QED) is 0.720. The molecule has 1 aromatic carbocycles. The van der Waals surface area contributed by atoms with Gasteiger partial charge in [0, 0.05) is 24.2 Å². The lowest BCUT2D eigenvalue weighted by Crippen LogP contribution is -2.42. The third kappa shape index (κ3) is 4.48. The number of piperidine rings is 1. The van der Waals surface area contributed by atoms with E-state index in [1.165, 1.54) is 0 Å². The maximum atomic E-state index is 13.2. The Balaban J connectivity index is 1.42. The minimum atomic E-state index is -0.198. The number of aromatic nitrogens is 1. The van der Waals surface area contributed by atoms with Crippen molar-refractivity contribution in [2.75, 3.05) is 26.2 Å². The molecular weight excluding hydrogens is 376 g/mol. The van der Waals surface area contributed by atoms with Crippen LogP contribution >= 0.6 is 0 Å². The number of amides is 2. The molecule has 3 N–H and O–H groups in total. The highest BCUT2D eigenvalue weighted by atomic mass is 16.2. The molecular formula is C24H32N4O2. The SMILES string of the molecule is CC1CCc2nc3ccccc3c(C(=O)NCCCN3CCCC(C(N)=O)C3)c2C1. The van der Waals surface area contributed by atoms with Gasteiger partial charge in [-0.05, 0) is 69.2 Å². The summed E-state index contributed by atoms with van der Waals surface area (Å²) < 4.78 is 0. The Hall–Kier alpha value is -2.47. The maximum Gasteiger partial charge on any atom is 0.252 e. The molecule has 2 aromatic rings. The number of nitrogens with one attached hydrogen (secondary N) is 1. The Kier molecular flexibility index (Phi) is 6.32. The van der Waals surface area contributed by atoms with Crippen molar-refractivity contribution >= 4 is 22.7 Å². The zero-order valence-electron chi connectivity index (χ0n) is 17.8. The van der Waals surface area contributed by atoms with Crippen molar-refractivity contribution in [3.05, 3.63) is 41.1 Å². The van der Waals surface area contributed by atoms with Gasteiger partial charge in [-0.3, -0.25) is 14.6 Å². The molecule has 1 aliphatic carbocycles. The van der Waals surface area contributed by atoms with E-state index in [9.17, 15) is 9.59 Å². The molecule has 4 rings (SSSR count). The number of hydrogen-bond acceptors (Lipinski definition) is 4. The number of aryl methyl sites for hydroxylation is 1. The van der Waals surface area contributed by atoms with Crippen LogP contribution in [0, 0.1) is 11.8 Å². The van der Waals surface area contributed by atoms with E-state index in [1.807, 2.05) is 24.3 Å². The van der Waals surface area contributed by atoms with E-state index in [4.69, 9.17) is 10.7 Å². The summed E-state index contributed by atoms with van der Waals surface area (Å²) in [5, 5.41) is 4.09. The van der Waals surface area contributed by atoms with Crippen LogP contribution in [0.2, 0.25) is 0 Å². The van der Waals surface area contributed by atoms with Gasteiger partial charge in [-0.1, -0.05) is 25.1 Å². The lowest BCUT2D eigenvalue weighted by atomic mass is 9.84. The van der Waals surface area contributed by atoms with Crippen molar-refractivity contribution in [1.29, 1.82) is 0 Å². The monoisotopic (exact) mass is 408 g/mol. The number of carbonyl (C=O) groups is 2. The fourth-order valence-corrected chi connectivity index (χ4v) is 4.91. The van der Waals surface area contributed by atoms with Crippen molar-refractivity contribution in [3.8, 4) is 0 Å². The average Bonchev–Trinajstić information content (AvgIpc) is 2.75. The molecule has 6 heteroatoms. The Morgan fingerprint density at radius 3 is 2.93 bits per heavy atom. The van der Waals surface area contributed by atoms with Crippen molar-refractivity contribution < 1.29 is 9.59 Å². The summed E-state index contributed by atoms with van der Waals surface area (Å²) in [6.07, 6.45) is 5.74. The molecule has 2 heterocycles. The standard InChI is InChI=1S/C24H32N4O2/c1-16-9-10-21-19(14-16)22(18-7-2-3-8-20(18)27-21)24(30)26-11-5-13-28-12-4-6-17(15-28)23(25)29/h2-3,7-8,16-17H,4-6,9-15H2,1H3,(H2,25,29)(H,26,30). The average molecular weight is 409 g/mol. The Bertz CT molecular complexity index is 942. The number of nitrogens with zero attached hydrogens (tertiary/aromatic N) is 2. The van der Waals surface area contributed by atoms with Gasteiger partial charge in [-0.2, -0.15) is 0 Å². The molecule has 2 unspecified atom stereocenters. The summed E-state index contributed by atoms with van der Waals surface area (Å²) in [5.74, 6) is 0.346. The molecule has 1 fully saturated rings. The molecule has 0 bridgehead atoms. The molecule has 0 radical (unpaired) electrons. The van der Waals surface area contributed by atoms with Gasteiger partial charge in [0.1, 0.15) is 0 Å². The third-order valence-corrected chi connectivity index (χ3v) is 6.58. The predicted octanol–water partition coefficient (Wildman–Crippen LogP) is 2.68. The van der Waals surface area contributed by atoms with Crippen LogP contribution in [-0.2, 0) is 17.6 Å². The highest BCUT2D eigenvalue weighted by Gasteiger charge is 2.26. The number of para-hydroxylation sites is 1. The first-order valence-electron chi connectivity index (χ1n) is 11.2. The van der Waals surface area contributed by atoms with E-state index in [1.54, 1.807) is 0 Å². The molecule has 1 aliphatic heterocycles. The van der Waals surface area contributed by atoms with Gasteiger partial charge in [0.05, 0.1) is 17.0 Å². The van der Waals surface area contributed by atoms with Crippen LogP contribution in [0.15, 0.2) is 24.3 Å². The Morgan fingerprint density at radius 2 is 2.10 bits per heavy atom. The first-order valence-corrected chi connectivity index (χ1v) is 11.2. The van der Waals surface area contributed by atoms with E-state index in [-0.39, 0.29) is 17.7 Å². The van der Waals surface area contributed by atoms with Crippen LogP contribution in [-0.4, -0.2) is 47.9 Å². The second-order valence-electron chi connectivity index (χ2n) is 8.93. The van der Waals surface area contributed by atoms with Crippen LogP contribution in [0.1, 0.15) is 54.2 Å². The van der Waals surface area contributed by atoms with Crippen molar-refractivity contribution in [3.63, 3.8) is 0 Å². The summed E-state index contributed by atoms with van der Waals surface area (Å²) in [4.78, 5) is 31.8. The molecule has 1 saturated heterocycles. The predicted molar refractivity (Wildman–Crippen MR) is 118 cm³/mol. The summed E-state index contributed by atoms with van der Waals surface area (Å²) >= 11 is 0. The molecule has 0 saturated carbocycles. The largest absolute Gasteiger partial charge is 0.369 e. The number of carbonyl (C=O) groups excluding carboxylic acids is 2.